The van der Waals surface area contributed by atoms with Crippen LogP contribution in [-0.4, -0.2) is 81.8 Å². The Balaban J connectivity index is 1.75. The fourth-order valence-corrected chi connectivity index (χ4v) is 8.29. The van der Waals surface area contributed by atoms with Gasteiger partial charge in [-0.3, -0.25) is 14.4 Å². The van der Waals surface area contributed by atoms with E-state index in [2.05, 4.69) is 13.2 Å². The zero-order valence-electron chi connectivity index (χ0n) is 25.7. The SMILES string of the molecule is C=CCCCCOC(=O)[C@@H]1[C@H]2C(=O)N([C@@H](CO)CC(C)C)C(C(=O)N(CC=C)C3CCCCC3)C23CC(C)[C@@]1(C)O3. The zero-order chi connectivity index (χ0) is 29.9. The molecule has 1 N–H and O–H groups in total. The minimum atomic E-state index is -1.15. The van der Waals surface area contributed by atoms with Crippen molar-refractivity contribution in [1.82, 2.24) is 9.80 Å². The number of carbonyl (C=O) groups is 3. The topological polar surface area (TPSA) is 96.4 Å². The van der Waals surface area contributed by atoms with Gasteiger partial charge in [-0.05, 0) is 63.7 Å². The van der Waals surface area contributed by atoms with Crippen LogP contribution in [0.2, 0.25) is 0 Å². The average molecular weight is 573 g/mol. The first-order valence-corrected chi connectivity index (χ1v) is 15.9. The van der Waals surface area contributed by atoms with E-state index in [1.54, 1.807) is 11.0 Å². The van der Waals surface area contributed by atoms with Crippen molar-refractivity contribution in [3.05, 3.63) is 25.3 Å². The highest BCUT2D eigenvalue weighted by atomic mass is 16.6. The maximum Gasteiger partial charge on any atom is 0.312 e. The molecule has 8 nitrogen and oxygen atoms in total. The first-order valence-electron chi connectivity index (χ1n) is 15.9. The van der Waals surface area contributed by atoms with Crippen molar-refractivity contribution >= 4 is 17.8 Å². The number of likely N-dealkylation sites (tertiary alicyclic amines) is 1. The number of carbonyl (C=O) groups excluding carboxylic acids is 3. The zero-order valence-corrected chi connectivity index (χ0v) is 25.7. The summed E-state index contributed by atoms with van der Waals surface area (Å²) in [6.45, 7) is 16.1. The molecule has 3 saturated heterocycles. The minimum absolute atomic E-state index is 0.0553. The molecule has 0 radical (unpaired) electrons. The van der Waals surface area contributed by atoms with Crippen molar-refractivity contribution < 1.29 is 29.0 Å². The third-order valence-corrected chi connectivity index (χ3v) is 10.3. The van der Waals surface area contributed by atoms with Gasteiger partial charge in [0, 0.05) is 12.6 Å². The highest BCUT2D eigenvalue weighted by Gasteiger charge is 2.80. The maximum absolute atomic E-state index is 14.8. The van der Waals surface area contributed by atoms with Gasteiger partial charge >= 0.3 is 5.97 Å². The van der Waals surface area contributed by atoms with E-state index in [1.165, 1.54) is 0 Å². The van der Waals surface area contributed by atoms with Crippen LogP contribution in [0.5, 0.6) is 0 Å². The van der Waals surface area contributed by atoms with E-state index in [4.69, 9.17) is 9.47 Å². The fourth-order valence-electron chi connectivity index (χ4n) is 8.29. The summed E-state index contributed by atoms with van der Waals surface area (Å²) in [6.07, 6.45) is 12.2. The Bertz CT molecular complexity index is 992. The number of allylic oxidation sites excluding steroid dienone is 1. The summed E-state index contributed by atoms with van der Waals surface area (Å²) >= 11 is 0. The molecule has 7 atom stereocenters. The molecule has 1 aliphatic carbocycles. The van der Waals surface area contributed by atoms with Gasteiger partial charge in [-0.2, -0.15) is 0 Å². The Morgan fingerprint density at radius 2 is 1.90 bits per heavy atom. The fraction of sp³-hybridized carbons (Fsp3) is 0.788. The minimum Gasteiger partial charge on any atom is -0.465 e. The summed E-state index contributed by atoms with van der Waals surface area (Å²) < 4.78 is 12.7. The predicted molar refractivity (Wildman–Crippen MR) is 158 cm³/mol. The molecule has 1 spiro atoms. The number of aliphatic hydroxyl groups is 1. The van der Waals surface area contributed by atoms with Crippen LogP contribution in [0.15, 0.2) is 25.3 Å². The first-order chi connectivity index (χ1) is 19.6. The number of unbranched alkanes of at least 4 members (excludes halogenated alkanes) is 2. The summed E-state index contributed by atoms with van der Waals surface area (Å²) in [5.41, 5.74) is -2.06. The normalized spacial score (nSPS) is 33.6. The maximum atomic E-state index is 14.8. The van der Waals surface area contributed by atoms with Crippen molar-refractivity contribution in [2.75, 3.05) is 19.8 Å². The van der Waals surface area contributed by atoms with Crippen LogP contribution in [0.3, 0.4) is 0 Å². The lowest BCUT2D eigenvalue weighted by molar-refractivity contribution is -0.164. The number of hydrogen-bond donors (Lipinski definition) is 1. The van der Waals surface area contributed by atoms with Crippen LogP contribution in [0.4, 0.5) is 0 Å². The quantitative estimate of drug-likeness (QED) is 0.185. The second-order valence-corrected chi connectivity index (χ2v) is 13.4. The highest BCUT2D eigenvalue weighted by molar-refractivity contribution is 5.99. The number of amides is 2. The molecule has 0 aromatic rings. The summed E-state index contributed by atoms with van der Waals surface area (Å²) in [6, 6.07) is -1.38. The summed E-state index contributed by atoms with van der Waals surface area (Å²) in [4.78, 5) is 46.6. The van der Waals surface area contributed by atoms with Crippen LogP contribution in [0.25, 0.3) is 0 Å². The van der Waals surface area contributed by atoms with Crippen LogP contribution in [0, 0.1) is 23.7 Å². The molecule has 2 amide bonds. The molecular formula is C33H52N2O6. The van der Waals surface area contributed by atoms with Crippen LogP contribution >= 0.6 is 0 Å². The van der Waals surface area contributed by atoms with E-state index < -0.39 is 41.1 Å². The summed E-state index contributed by atoms with van der Waals surface area (Å²) in [5.74, 6) is -2.33. The van der Waals surface area contributed by atoms with Crippen LogP contribution < -0.4 is 0 Å². The van der Waals surface area contributed by atoms with E-state index in [0.717, 1.165) is 44.9 Å². The molecule has 41 heavy (non-hydrogen) atoms. The largest absolute Gasteiger partial charge is 0.465 e. The molecule has 0 aromatic heterocycles. The average Bonchev–Trinajstić information content (AvgIpc) is 3.46. The van der Waals surface area contributed by atoms with Gasteiger partial charge in [0.15, 0.2) is 0 Å². The van der Waals surface area contributed by atoms with Gasteiger partial charge in [-0.15, -0.1) is 13.2 Å². The number of esters is 1. The van der Waals surface area contributed by atoms with E-state index in [0.29, 0.717) is 25.8 Å². The number of aliphatic hydroxyl groups excluding tert-OH is 1. The second-order valence-electron chi connectivity index (χ2n) is 13.4. The van der Waals surface area contributed by atoms with Crippen molar-refractivity contribution in [2.45, 2.75) is 121 Å². The molecule has 8 heteroatoms. The number of nitrogens with zero attached hydrogens (tertiary/aromatic N) is 2. The second kappa shape index (κ2) is 13.0. The van der Waals surface area contributed by atoms with Crippen LogP contribution in [-0.2, 0) is 23.9 Å². The van der Waals surface area contributed by atoms with Crippen molar-refractivity contribution in [3.63, 3.8) is 0 Å². The molecule has 230 valence electrons. The van der Waals surface area contributed by atoms with E-state index in [1.807, 2.05) is 38.7 Å². The molecule has 4 rings (SSSR count). The predicted octanol–water partition coefficient (Wildman–Crippen LogP) is 4.65. The molecule has 2 bridgehead atoms. The van der Waals surface area contributed by atoms with Gasteiger partial charge in [0.2, 0.25) is 11.8 Å². The lowest BCUT2D eigenvalue weighted by Crippen LogP contribution is -2.60. The molecular weight excluding hydrogens is 520 g/mol. The van der Waals surface area contributed by atoms with E-state index >= 15 is 0 Å². The molecule has 0 aromatic carbocycles. The number of fused-ring (bicyclic) bond motifs is 1. The van der Waals surface area contributed by atoms with Gasteiger partial charge in [0.25, 0.3) is 0 Å². The van der Waals surface area contributed by atoms with Crippen molar-refractivity contribution in [2.24, 2.45) is 23.7 Å². The molecule has 3 heterocycles. The van der Waals surface area contributed by atoms with Crippen molar-refractivity contribution in [3.8, 4) is 0 Å². The Morgan fingerprint density at radius 3 is 2.51 bits per heavy atom. The lowest BCUT2D eigenvalue weighted by atomic mass is 9.62. The van der Waals surface area contributed by atoms with Crippen LogP contribution in [0.1, 0.15) is 91.9 Å². The van der Waals surface area contributed by atoms with Gasteiger partial charge < -0.3 is 24.4 Å². The summed E-state index contributed by atoms with van der Waals surface area (Å²) in [7, 11) is 0. The third kappa shape index (κ3) is 5.63. The molecule has 1 saturated carbocycles. The monoisotopic (exact) mass is 572 g/mol. The Morgan fingerprint density at radius 1 is 1.20 bits per heavy atom. The van der Waals surface area contributed by atoms with Gasteiger partial charge in [-0.25, -0.2) is 0 Å². The Kier molecular flexibility index (Phi) is 10.1. The van der Waals surface area contributed by atoms with E-state index in [9.17, 15) is 19.5 Å². The lowest BCUT2D eigenvalue weighted by Gasteiger charge is -2.42. The molecule has 3 unspecified atom stereocenters. The highest BCUT2D eigenvalue weighted by Crippen LogP contribution is 2.66. The molecule has 4 fully saturated rings. The van der Waals surface area contributed by atoms with Gasteiger partial charge in [-0.1, -0.05) is 52.2 Å². The standard InChI is InChI=1S/C33H52N2O6/c1-7-9-10-14-18-40-31(39)27-26-29(37)35(25(21-36)19-22(3)4)28(33(26)20-23(5)32(27,6)41-33)30(38)34(17-8-2)24-15-12-11-13-16-24/h7-8,22-28,36H,1-2,9-21H2,3-6H3/t23?,25-,26+,27+,28?,32-,33?/m1/s1. The third-order valence-electron chi connectivity index (χ3n) is 10.3. The van der Waals surface area contributed by atoms with Gasteiger partial charge in [0.1, 0.15) is 17.6 Å². The first kappa shape index (κ1) is 31.7. The number of rotatable bonds is 14. The number of hydrogen-bond acceptors (Lipinski definition) is 6. The number of ether oxygens (including phenoxy) is 2. The Labute approximate surface area is 246 Å². The molecule has 3 aliphatic heterocycles. The van der Waals surface area contributed by atoms with Crippen molar-refractivity contribution in [1.29, 1.82) is 0 Å². The summed E-state index contributed by atoms with van der Waals surface area (Å²) in [5, 5.41) is 10.6. The van der Waals surface area contributed by atoms with Gasteiger partial charge in [0.05, 0.1) is 30.8 Å². The van der Waals surface area contributed by atoms with E-state index in [-0.39, 0.29) is 42.9 Å². The smallest absolute Gasteiger partial charge is 0.312 e. The molecule has 4 aliphatic rings. The Hall–Kier alpha value is -2.19.